The van der Waals surface area contributed by atoms with Gasteiger partial charge in [-0.05, 0) is 77.3 Å². The van der Waals surface area contributed by atoms with Crippen LogP contribution in [0.1, 0.15) is 43.3 Å². The summed E-state index contributed by atoms with van der Waals surface area (Å²) < 4.78 is 13.4. The van der Waals surface area contributed by atoms with Crippen molar-refractivity contribution in [2.24, 2.45) is 0 Å². The molecule has 3 aromatic carbocycles. The lowest BCUT2D eigenvalue weighted by molar-refractivity contribution is 0.492. The molecule has 8 heteroatoms. The number of benzene rings is 3. The van der Waals surface area contributed by atoms with Crippen molar-refractivity contribution in [3.8, 4) is 22.8 Å². The second kappa shape index (κ2) is 10.9. The maximum absolute atomic E-state index is 13.7. The van der Waals surface area contributed by atoms with Gasteiger partial charge in [-0.25, -0.2) is 9.78 Å². The molecule has 0 fully saturated rings. The summed E-state index contributed by atoms with van der Waals surface area (Å²) in [6.45, 7) is 11.2. The van der Waals surface area contributed by atoms with Crippen LogP contribution < -0.4 is 15.6 Å². The maximum atomic E-state index is 13.7. The van der Waals surface area contributed by atoms with E-state index in [0.717, 1.165) is 39.2 Å². The van der Waals surface area contributed by atoms with Crippen molar-refractivity contribution in [2.75, 3.05) is 0 Å². The molecule has 4 aromatic rings. The molecule has 0 saturated carbocycles. The molecule has 0 amide bonds. The third-order valence-corrected chi connectivity index (χ3v) is 12.7. The van der Waals surface area contributed by atoms with Gasteiger partial charge in [0.25, 0.3) is 5.56 Å². The van der Waals surface area contributed by atoms with Crippen molar-refractivity contribution < 1.29 is 8.84 Å². The zero-order valence-electron chi connectivity index (χ0n) is 25.1. The van der Waals surface area contributed by atoms with Crippen molar-refractivity contribution in [3.63, 3.8) is 0 Å². The molecule has 0 aliphatic carbocycles. The van der Waals surface area contributed by atoms with E-state index in [1.165, 1.54) is 6.07 Å². The predicted molar refractivity (Wildman–Crippen MR) is 173 cm³/mol. The Kier molecular flexibility index (Phi) is 7.18. The number of rotatable bonds is 7. The lowest BCUT2D eigenvalue weighted by Gasteiger charge is -2.36. The topological polar surface area (TPSA) is 90.1 Å². The molecule has 7 nitrogen and oxygen atoms in total. The summed E-state index contributed by atoms with van der Waals surface area (Å²) in [5, 5.41) is 0.901. The number of hydrogen-bond donors (Lipinski definition) is 1. The number of hydrogen-bond acceptors (Lipinski definition) is 5. The van der Waals surface area contributed by atoms with Gasteiger partial charge in [-0.2, -0.15) is 0 Å². The van der Waals surface area contributed by atoms with Crippen LogP contribution in [0.4, 0.5) is 0 Å². The van der Waals surface area contributed by atoms with Gasteiger partial charge in [-0.3, -0.25) is 9.36 Å². The molecule has 1 aromatic heterocycles. The molecule has 0 saturated heterocycles. The molecule has 0 radical (unpaired) electrons. The summed E-state index contributed by atoms with van der Waals surface area (Å²) >= 11 is 0. The highest BCUT2D eigenvalue weighted by Crippen LogP contribution is 2.37. The van der Waals surface area contributed by atoms with Gasteiger partial charge in [0, 0.05) is 30.5 Å². The smallest absolute Gasteiger partial charge is 0.336 e. The van der Waals surface area contributed by atoms with Crippen LogP contribution in [0.2, 0.25) is 18.1 Å². The number of nitrogens with zero attached hydrogens (tertiary/aromatic N) is 2. The molecule has 0 spiro atoms. The Balaban J connectivity index is 1.39. The van der Waals surface area contributed by atoms with Gasteiger partial charge in [0.05, 0.1) is 11.4 Å². The molecule has 2 aliphatic rings. The highest BCUT2D eigenvalue weighted by Gasteiger charge is 2.39. The number of H-pyrrole nitrogens is 1. The number of aromatic nitrogens is 3. The average Bonchev–Trinajstić information content (AvgIpc) is 3.28. The van der Waals surface area contributed by atoms with Crippen LogP contribution in [0.15, 0.2) is 105 Å². The molecule has 2 aliphatic heterocycles. The minimum absolute atomic E-state index is 0.100. The Hall–Kier alpha value is -4.69. The van der Waals surface area contributed by atoms with Crippen LogP contribution in [0.25, 0.3) is 28.0 Å². The third-order valence-electron chi connectivity index (χ3n) is 8.37. The van der Waals surface area contributed by atoms with Crippen molar-refractivity contribution in [1.29, 1.82) is 0 Å². The van der Waals surface area contributed by atoms with E-state index in [2.05, 4.69) is 51.0 Å². The van der Waals surface area contributed by atoms with Crippen LogP contribution in [0, 0.1) is 0 Å². The van der Waals surface area contributed by atoms with Gasteiger partial charge in [-0.1, -0.05) is 57.2 Å². The molecule has 0 unspecified atom stereocenters. The van der Waals surface area contributed by atoms with Crippen LogP contribution in [-0.4, -0.2) is 22.9 Å². The average molecular weight is 590 g/mol. The standard InChI is InChI=1S/C35H35N3O4Si/c1-35(2,3)43(4,5)42-27-15-12-25(13-16-27)30-22-38-33(28(36-30)20-23-9-7-6-8-10-23)37-29(34(38)40)21-24-11-17-31-26(19-24)14-18-32(39)41-31/h6-19,22,36H,20-21H2,1-5H3. The van der Waals surface area contributed by atoms with Crippen molar-refractivity contribution >= 4 is 19.3 Å². The normalized spacial score (nSPS) is 12.2. The predicted octanol–water partition coefficient (Wildman–Crippen LogP) is 7.34. The number of fused-ring (bicyclic) bond motifs is 2. The van der Waals surface area contributed by atoms with Gasteiger partial charge in [0.1, 0.15) is 17.0 Å². The van der Waals surface area contributed by atoms with Crippen LogP contribution in [0.5, 0.6) is 5.75 Å². The van der Waals surface area contributed by atoms with E-state index in [1.807, 2.05) is 60.8 Å². The number of imidazole rings is 1. The zero-order valence-corrected chi connectivity index (χ0v) is 26.1. The summed E-state index contributed by atoms with van der Waals surface area (Å²) in [6, 6.07) is 26.9. The molecule has 6 rings (SSSR count). The molecule has 0 atom stereocenters. The van der Waals surface area contributed by atoms with Gasteiger partial charge in [0.15, 0.2) is 5.82 Å². The van der Waals surface area contributed by atoms with E-state index in [4.69, 9.17) is 13.8 Å². The molecule has 1 N–H and O–H groups in total. The second-order valence-corrected chi connectivity index (χ2v) is 17.3. The van der Waals surface area contributed by atoms with E-state index < -0.39 is 13.9 Å². The summed E-state index contributed by atoms with van der Waals surface area (Å²) in [5.41, 5.74) is 5.07. The third kappa shape index (κ3) is 5.83. The van der Waals surface area contributed by atoms with Crippen LogP contribution in [-0.2, 0) is 12.8 Å². The first-order valence-corrected chi connectivity index (χ1v) is 17.4. The van der Waals surface area contributed by atoms with Crippen molar-refractivity contribution in [1.82, 2.24) is 14.5 Å². The fraction of sp³-hybridized carbons (Fsp3) is 0.229. The van der Waals surface area contributed by atoms with Gasteiger partial charge < -0.3 is 13.8 Å². The minimum Gasteiger partial charge on any atom is -0.544 e. The Morgan fingerprint density at radius 2 is 1.63 bits per heavy atom. The number of nitrogens with one attached hydrogen (secondary N) is 1. The first-order chi connectivity index (χ1) is 20.5. The molecule has 0 bridgehead atoms. The quantitative estimate of drug-likeness (QED) is 0.155. The van der Waals surface area contributed by atoms with E-state index in [1.54, 1.807) is 16.7 Å². The Bertz CT molecular complexity index is 2000. The molecule has 218 valence electrons. The van der Waals surface area contributed by atoms with Crippen LogP contribution >= 0.6 is 0 Å². The molecular weight excluding hydrogens is 554 g/mol. The lowest BCUT2D eigenvalue weighted by atomic mass is 10.1. The largest absolute Gasteiger partial charge is 0.544 e. The maximum Gasteiger partial charge on any atom is 0.336 e. The van der Waals surface area contributed by atoms with Crippen molar-refractivity contribution in [3.05, 3.63) is 134 Å². The van der Waals surface area contributed by atoms with Gasteiger partial charge >= 0.3 is 5.63 Å². The lowest BCUT2D eigenvalue weighted by Crippen LogP contribution is -2.43. The van der Waals surface area contributed by atoms with E-state index in [-0.39, 0.29) is 10.6 Å². The Morgan fingerprint density at radius 3 is 2.35 bits per heavy atom. The first kappa shape index (κ1) is 28.4. The summed E-state index contributed by atoms with van der Waals surface area (Å²) in [7, 11) is -1.97. The highest BCUT2D eigenvalue weighted by molar-refractivity contribution is 6.74. The van der Waals surface area contributed by atoms with E-state index in [9.17, 15) is 9.59 Å². The van der Waals surface area contributed by atoms with Crippen molar-refractivity contribution in [2.45, 2.75) is 51.7 Å². The zero-order chi connectivity index (χ0) is 30.4. The van der Waals surface area contributed by atoms with Gasteiger partial charge in [0.2, 0.25) is 8.32 Å². The summed E-state index contributed by atoms with van der Waals surface area (Å²) in [4.78, 5) is 33.7. The van der Waals surface area contributed by atoms with Gasteiger partial charge in [-0.15, -0.1) is 0 Å². The summed E-state index contributed by atoms with van der Waals surface area (Å²) in [6.07, 6.45) is 2.78. The highest BCUT2D eigenvalue weighted by atomic mass is 28.4. The Morgan fingerprint density at radius 1 is 0.884 bits per heavy atom. The fourth-order valence-corrected chi connectivity index (χ4v) is 5.97. The molecule has 43 heavy (non-hydrogen) atoms. The Labute approximate surface area is 251 Å². The second-order valence-electron chi connectivity index (χ2n) is 12.6. The first-order valence-electron chi connectivity index (χ1n) is 14.5. The monoisotopic (exact) mass is 589 g/mol. The number of aromatic amines is 1. The SMILES string of the molecule is CC(C)(C)[Si](C)(C)Oc1ccc(-c2cn3c(=O)c(Cc4ccc5oc(=O)ccc5c4)nc-3c(Cc3ccccc3)[nH]2)cc1. The molecular formula is C35H35N3O4Si. The van der Waals surface area contributed by atoms with E-state index in [0.29, 0.717) is 29.9 Å². The summed E-state index contributed by atoms with van der Waals surface area (Å²) in [5.74, 6) is 1.46. The van der Waals surface area contributed by atoms with E-state index >= 15 is 0 Å². The van der Waals surface area contributed by atoms with Crippen LogP contribution in [0.3, 0.4) is 0 Å². The molecule has 3 heterocycles. The minimum atomic E-state index is -1.97. The fourth-order valence-electron chi connectivity index (χ4n) is 4.94.